The van der Waals surface area contributed by atoms with Gasteiger partial charge in [-0.3, -0.25) is 13.9 Å². The fourth-order valence-corrected chi connectivity index (χ4v) is 5.48. The molecule has 10 nitrogen and oxygen atoms in total. The first-order valence-electron chi connectivity index (χ1n) is 11.9. The number of nitrogens with zero attached hydrogens (tertiary/aromatic N) is 2. The van der Waals surface area contributed by atoms with Crippen LogP contribution in [-0.2, 0) is 19.6 Å². The number of rotatable bonds is 9. The highest BCUT2D eigenvalue weighted by molar-refractivity contribution is 7.92. The Hall–Kier alpha value is -4.09. The van der Waals surface area contributed by atoms with Gasteiger partial charge in [-0.05, 0) is 48.5 Å². The molecular weight excluding hydrogens is 510 g/mol. The second-order valence-corrected chi connectivity index (χ2v) is 10.2. The third-order valence-corrected chi connectivity index (χ3v) is 7.79. The van der Waals surface area contributed by atoms with Crippen LogP contribution in [0.5, 0.6) is 11.5 Å². The third kappa shape index (κ3) is 5.90. The molecule has 1 aliphatic rings. The van der Waals surface area contributed by atoms with Crippen molar-refractivity contribution < 1.29 is 32.2 Å². The molecule has 4 rings (SSSR count). The van der Waals surface area contributed by atoms with Crippen molar-refractivity contribution in [3.05, 3.63) is 78.4 Å². The molecule has 1 N–H and O–H groups in total. The van der Waals surface area contributed by atoms with Crippen molar-refractivity contribution in [2.45, 2.75) is 4.90 Å². The van der Waals surface area contributed by atoms with E-state index in [1.165, 1.54) is 38.5 Å². The monoisotopic (exact) mass is 539 g/mol. The van der Waals surface area contributed by atoms with Crippen LogP contribution >= 0.6 is 0 Å². The first-order chi connectivity index (χ1) is 18.3. The molecule has 0 radical (unpaired) electrons. The highest BCUT2D eigenvalue weighted by atomic mass is 32.2. The molecule has 3 aromatic rings. The topological polar surface area (TPSA) is 114 Å². The van der Waals surface area contributed by atoms with Crippen molar-refractivity contribution >= 4 is 33.2 Å². The number of para-hydroxylation sites is 3. The Morgan fingerprint density at radius 3 is 2.26 bits per heavy atom. The lowest BCUT2D eigenvalue weighted by molar-refractivity contribution is -0.114. The van der Waals surface area contributed by atoms with E-state index in [9.17, 15) is 18.0 Å². The van der Waals surface area contributed by atoms with Gasteiger partial charge in [-0.25, -0.2) is 8.42 Å². The maximum Gasteiger partial charge on any atom is 0.264 e. The summed E-state index contributed by atoms with van der Waals surface area (Å²) in [4.78, 5) is 28.0. The first kappa shape index (κ1) is 27.0. The number of carbonyl (C=O) groups excluding carboxylic acids is 2. The van der Waals surface area contributed by atoms with Crippen molar-refractivity contribution in [3.63, 3.8) is 0 Å². The fraction of sp³-hybridized carbons (Fsp3) is 0.259. The molecule has 1 fully saturated rings. The summed E-state index contributed by atoms with van der Waals surface area (Å²) in [5, 5.41) is 2.73. The Balaban J connectivity index is 1.64. The Labute approximate surface area is 221 Å². The Bertz CT molecular complexity index is 1390. The van der Waals surface area contributed by atoms with E-state index in [0.29, 0.717) is 37.6 Å². The molecule has 11 heteroatoms. The molecule has 1 saturated heterocycles. The zero-order chi connectivity index (χ0) is 27.1. The van der Waals surface area contributed by atoms with Gasteiger partial charge in [0.2, 0.25) is 5.91 Å². The van der Waals surface area contributed by atoms with Gasteiger partial charge >= 0.3 is 0 Å². The summed E-state index contributed by atoms with van der Waals surface area (Å²) in [6, 6.07) is 19.0. The largest absolute Gasteiger partial charge is 0.497 e. The second-order valence-electron chi connectivity index (χ2n) is 8.36. The summed E-state index contributed by atoms with van der Waals surface area (Å²) < 4.78 is 44.3. The number of ether oxygens (including phenoxy) is 3. The van der Waals surface area contributed by atoms with Crippen LogP contribution in [0, 0.1) is 0 Å². The number of methoxy groups -OCH3 is 2. The van der Waals surface area contributed by atoms with Gasteiger partial charge in [0.25, 0.3) is 15.9 Å². The van der Waals surface area contributed by atoms with E-state index >= 15 is 0 Å². The van der Waals surface area contributed by atoms with Crippen molar-refractivity contribution in [1.82, 2.24) is 4.90 Å². The lowest BCUT2D eigenvalue weighted by Crippen LogP contribution is -2.41. The zero-order valence-corrected chi connectivity index (χ0v) is 21.9. The van der Waals surface area contributed by atoms with Gasteiger partial charge < -0.3 is 24.4 Å². The van der Waals surface area contributed by atoms with E-state index in [1.54, 1.807) is 53.4 Å². The Kier molecular flexibility index (Phi) is 8.49. The molecule has 1 aliphatic heterocycles. The summed E-state index contributed by atoms with van der Waals surface area (Å²) in [6.45, 7) is 1.22. The molecule has 0 saturated carbocycles. The average Bonchev–Trinajstić information content (AvgIpc) is 2.96. The third-order valence-electron chi connectivity index (χ3n) is 6.02. The van der Waals surface area contributed by atoms with E-state index in [2.05, 4.69) is 5.32 Å². The average molecular weight is 540 g/mol. The lowest BCUT2D eigenvalue weighted by atomic mass is 10.1. The molecule has 200 valence electrons. The Morgan fingerprint density at radius 2 is 1.58 bits per heavy atom. The highest BCUT2D eigenvalue weighted by Crippen LogP contribution is 2.32. The van der Waals surface area contributed by atoms with Crippen molar-refractivity contribution in [1.29, 1.82) is 0 Å². The smallest absolute Gasteiger partial charge is 0.264 e. The summed E-state index contributed by atoms with van der Waals surface area (Å²) >= 11 is 0. The molecule has 3 aromatic carbocycles. The van der Waals surface area contributed by atoms with Crippen molar-refractivity contribution in [2.75, 3.05) is 56.7 Å². The summed E-state index contributed by atoms with van der Waals surface area (Å²) in [6.07, 6.45) is 0. The zero-order valence-electron chi connectivity index (χ0n) is 21.1. The van der Waals surface area contributed by atoms with Crippen molar-refractivity contribution in [2.24, 2.45) is 0 Å². The molecular formula is C27H29N3O7S. The van der Waals surface area contributed by atoms with Crippen LogP contribution in [0.3, 0.4) is 0 Å². The molecule has 0 unspecified atom stereocenters. The van der Waals surface area contributed by atoms with E-state index in [-0.39, 0.29) is 27.9 Å². The predicted molar refractivity (Wildman–Crippen MR) is 142 cm³/mol. The van der Waals surface area contributed by atoms with Crippen LogP contribution in [0.25, 0.3) is 0 Å². The highest BCUT2D eigenvalue weighted by Gasteiger charge is 2.30. The second kappa shape index (κ2) is 12.0. The van der Waals surface area contributed by atoms with Gasteiger partial charge in [0, 0.05) is 13.1 Å². The quantitative estimate of drug-likeness (QED) is 0.445. The maximum absolute atomic E-state index is 13.7. The minimum Gasteiger partial charge on any atom is -0.497 e. The van der Waals surface area contributed by atoms with Gasteiger partial charge in [0.05, 0.1) is 49.3 Å². The van der Waals surface area contributed by atoms with E-state index in [4.69, 9.17) is 14.2 Å². The molecule has 1 heterocycles. The molecule has 0 aromatic heterocycles. The molecule has 0 bridgehead atoms. The normalized spacial score (nSPS) is 13.5. The SMILES string of the molecule is COc1ccc(S(=O)(=O)N(CC(=O)Nc2ccccc2C(=O)N2CCOCC2)c2ccccc2OC)cc1. The Morgan fingerprint density at radius 1 is 0.921 bits per heavy atom. The predicted octanol–water partition coefficient (Wildman–Crippen LogP) is 3.01. The summed E-state index contributed by atoms with van der Waals surface area (Å²) in [5.41, 5.74) is 0.791. The van der Waals surface area contributed by atoms with Crippen LogP contribution < -0.4 is 19.1 Å². The van der Waals surface area contributed by atoms with Crippen LogP contribution in [0.4, 0.5) is 11.4 Å². The van der Waals surface area contributed by atoms with E-state index in [0.717, 1.165) is 4.31 Å². The minimum absolute atomic E-state index is 0.0279. The number of anilines is 2. The molecule has 0 aliphatic carbocycles. The number of sulfonamides is 1. The van der Waals surface area contributed by atoms with Gasteiger partial charge in [-0.1, -0.05) is 24.3 Å². The fourth-order valence-electron chi connectivity index (χ4n) is 4.05. The van der Waals surface area contributed by atoms with Crippen LogP contribution in [0.2, 0.25) is 0 Å². The van der Waals surface area contributed by atoms with E-state index < -0.39 is 22.5 Å². The van der Waals surface area contributed by atoms with Gasteiger partial charge in [0.1, 0.15) is 18.0 Å². The molecule has 2 amide bonds. The van der Waals surface area contributed by atoms with Gasteiger partial charge in [-0.15, -0.1) is 0 Å². The number of hydrogen-bond acceptors (Lipinski definition) is 7. The minimum atomic E-state index is -4.19. The molecule has 38 heavy (non-hydrogen) atoms. The summed E-state index contributed by atoms with van der Waals surface area (Å²) in [5.74, 6) is -0.0979. The molecule has 0 spiro atoms. The number of carbonyl (C=O) groups is 2. The summed E-state index contributed by atoms with van der Waals surface area (Å²) in [7, 11) is -1.29. The standard InChI is InChI=1S/C27H29N3O7S/c1-35-20-11-13-21(14-12-20)38(33,34)30(24-9-5-6-10-25(24)36-2)19-26(31)28-23-8-4-3-7-22(23)27(32)29-15-17-37-18-16-29/h3-14H,15-19H2,1-2H3,(H,28,31). The van der Waals surface area contributed by atoms with Crippen LogP contribution in [-0.4, -0.2) is 72.2 Å². The number of morpholine rings is 1. The van der Waals surface area contributed by atoms with Gasteiger partial charge in [0.15, 0.2) is 0 Å². The van der Waals surface area contributed by atoms with Crippen LogP contribution in [0.1, 0.15) is 10.4 Å². The molecule has 0 atom stereocenters. The first-order valence-corrected chi connectivity index (χ1v) is 13.3. The number of hydrogen-bond donors (Lipinski definition) is 1. The maximum atomic E-state index is 13.7. The number of amides is 2. The van der Waals surface area contributed by atoms with Gasteiger partial charge in [-0.2, -0.15) is 0 Å². The number of nitrogens with one attached hydrogen (secondary N) is 1. The van der Waals surface area contributed by atoms with E-state index in [1.807, 2.05) is 0 Å². The number of benzene rings is 3. The van der Waals surface area contributed by atoms with Crippen molar-refractivity contribution in [3.8, 4) is 11.5 Å². The van der Waals surface area contributed by atoms with Crippen LogP contribution in [0.15, 0.2) is 77.7 Å². The lowest BCUT2D eigenvalue weighted by Gasteiger charge is -2.28.